The van der Waals surface area contributed by atoms with E-state index < -0.39 is 0 Å². The van der Waals surface area contributed by atoms with Crippen molar-refractivity contribution in [1.82, 2.24) is 5.32 Å². The molecule has 0 spiro atoms. The highest BCUT2D eigenvalue weighted by atomic mass is 35.5. The van der Waals surface area contributed by atoms with E-state index in [0.29, 0.717) is 5.02 Å². The molecule has 0 aliphatic carbocycles. The molecule has 0 aliphatic heterocycles. The molecule has 4 heteroatoms. The molecule has 0 radical (unpaired) electrons. The van der Waals surface area contributed by atoms with Gasteiger partial charge in [0.1, 0.15) is 5.75 Å². The van der Waals surface area contributed by atoms with Gasteiger partial charge in [-0.2, -0.15) is 0 Å². The van der Waals surface area contributed by atoms with Gasteiger partial charge >= 0.3 is 0 Å². The highest BCUT2D eigenvalue weighted by Crippen LogP contribution is 2.21. The molecule has 0 aromatic heterocycles. The maximum Gasteiger partial charge on any atom is 0.119 e. The van der Waals surface area contributed by atoms with Crippen molar-refractivity contribution in [3.8, 4) is 5.75 Å². The van der Waals surface area contributed by atoms with Crippen LogP contribution in [-0.2, 0) is 6.42 Å². The number of halogens is 2. The van der Waals surface area contributed by atoms with E-state index in [4.69, 9.17) is 27.9 Å². The van der Waals surface area contributed by atoms with Crippen LogP contribution >= 0.6 is 23.2 Å². The van der Waals surface area contributed by atoms with Gasteiger partial charge in [-0.15, -0.1) is 0 Å². The lowest BCUT2D eigenvalue weighted by Gasteiger charge is -2.08. The molecule has 0 saturated carbocycles. The Morgan fingerprint density at radius 1 is 0.952 bits per heavy atom. The summed E-state index contributed by atoms with van der Waals surface area (Å²) in [7, 11) is 0. The summed E-state index contributed by atoms with van der Waals surface area (Å²) in [5.41, 5.74) is 1.12. The van der Waals surface area contributed by atoms with Gasteiger partial charge in [-0.05, 0) is 55.8 Å². The Bertz CT molecular complexity index is 546. The van der Waals surface area contributed by atoms with Crippen LogP contribution in [0.2, 0.25) is 10.0 Å². The van der Waals surface area contributed by atoms with Gasteiger partial charge in [0.25, 0.3) is 0 Å². The number of ether oxygens (including phenoxy) is 1. The van der Waals surface area contributed by atoms with E-state index in [0.717, 1.165) is 48.9 Å². The first kappa shape index (κ1) is 16.2. The Balaban J connectivity index is 1.56. The highest BCUT2D eigenvalue weighted by molar-refractivity contribution is 6.35. The van der Waals surface area contributed by atoms with E-state index in [-0.39, 0.29) is 0 Å². The predicted octanol–water partition coefficient (Wildman–Crippen LogP) is 4.59. The second kappa shape index (κ2) is 8.93. The van der Waals surface area contributed by atoms with E-state index >= 15 is 0 Å². The van der Waals surface area contributed by atoms with Gasteiger partial charge in [-0.25, -0.2) is 0 Å². The Morgan fingerprint density at radius 3 is 2.52 bits per heavy atom. The first-order valence-electron chi connectivity index (χ1n) is 7.08. The minimum absolute atomic E-state index is 0.676. The van der Waals surface area contributed by atoms with Crippen LogP contribution in [0.25, 0.3) is 0 Å². The van der Waals surface area contributed by atoms with E-state index in [1.807, 2.05) is 42.5 Å². The molecule has 112 valence electrons. The van der Waals surface area contributed by atoms with Gasteiger partial charge in [-0.3, -0.25) is 0 Å². The summed E-state index contributed by atoms with van der Waals surface area (Å²) in [6, 6.07) is 15.5. The zero-order chi connectivity index (χ0) is 14.9. The summed E-state index contributed by atoms with van der Waals surface area (Å²) >= 11 is 12.0. The largest absolute Gasteiger partial charge is 0.494 e. The van der Waals surface area contributed by atoms with Crippen molar-refractivity contribution in [3.63, 3.8) is 0 Å². The van der Waals surface area contributed by atoms with Crippen molar-refractivity contribution in [2.45, 2.75) is 12.8 Å². The van der Waals surface area contributed by atoms with Gasteiger partial charge < -0.3 is 10.1 Å². The minimum Gasteiger partial charge on any atom is -0.494 e. The van der Waals surface area contributed by atoms with Crippen molar-refractivity contribution in [3.05, 3.63) is 64.1 Å². The number of para-hydroxylation sites is 1. The summed E-state index contributed by atoms with van der Waals surface area (Å²) in [4.78, 5) is 0. The normalized spacial score (nSPS) is 10.6. The van der Waals surface area contributed by atoms with Crippen LogP contribution in [-0.4, -0.2) is 19.7 Å². The highest BCUT2D eigenvalue weighted by Gasteiger charge is 2.00. The Kier molecular flexibility index (Phi) is 6.87. The van der Waals surface area contributed by atoms with E-state index in [9.17, 15) is 0 Å². The molecule has 21 heavy (non-hydrogen) atoms. The molecule has 0 bridgehead atoms. The third kappa shape index (κ3) is 5.96. The quantitative estimate of drug-likeness (QED) is 0.717. The summed E-state index contributed by atoms with van der Waals surface area (Å²) in [6.07, 6.45) is 1.87. The fourth-order valence-electron chi connectivity index (χ4n) is 1.98. The molecule has 0 amide bonds. The maximum atomic E-state index is 6.13. The van der Waals surface area contributed by atoms with E-state index in [2.05, 4.69) is 5.32 Å². The summed E-state index contributed by atoms with van der Waals surface area (Å²) in [5.74, 6) is 0.922. The fourth-order valence-corrected chi connectivity index (χ4v) is 2.48. The zero-order valence-electron chi connectivity index (χ0n) is 11.8. The average molecular weight is 324 g/mol. The lowest BCUT2D eigenvalue weighted by Crippen LogP contribution is -2.20. The average Bonchev–Trinajstić information content (AvgIpc) is 2.49. The fraction of sp³-hybridized carbons (Fsp3) is 0.294. The van der Waals surface area contributed by atoms with Gasteiger partial charge in [0, 0.05) is 10.0 Å². The maximum absolute atomic E-state index is 6.13. The second-order valence-electron chi connectivity index (χ2n) is 4.75. The molecule has 0 heterocycles. The molecule has 2 rings (SSSR count). The molecule has 0 saturated heterocycles. The standard InChI is InChI=1S/C17H19Cl2NO/c18-15-8-7-14(17(19)13-15)9-11-20-10-4-12-21-16-5-2-1-3-6-16/h1-3,5-8,13,20H,4,9-12H2. The third-order valence-electron chi connectivity index (χ3n) is 3.10. The van der Waals surface area contributed by atoms with Crippen LogP contribution in [0, 0.1) is 0 Å². The number of nitrogens with one attached hydrogen (secondary N) is 1. The van der Waals surface area contributed by atoms with Gasteiger partial charge in [0.05, 0.1) is 6.61 Å². The Hall–Kier alpha value is -1.22. The monoisotopic (exact) mass is 323 g/mol. The Morgan fingerprint density at radius 2 is 1.76 bits per heavy atom. The van der Waals surface area contributed by atoms with Crippen molar-refractivity contribution in [2.75, 3.05) is 19.7 Å². The Labute approximate surface area is 136 Å². The van der Waals surface area contributed by atoms with Crippen LogP contribution in [0.3, 0.4) is 0 Å². The first-order chi connectivity index (χ1) is 10.3. The molecule has 2 nitrogen and oxygen atoms in total. The predicted molar refractivity (Wildman–Crippen MR) is 89.6 cm³/mol. The molecule has 1 N–H and O–H groups in total. The first-order valence-corrected chi connectivity index (χ1v) is 7.84. The molecular weight excluding hydrogens is 305 g/mol. The van der Waals surface area contributed by atoms with E-state index in [1.165, 1.54) is 0 Å². The van der Waals surface area contributed by atoms with Gasteiger partial charge in [0.15, 0.2) is 0 Å². The molecule has 0 fully saturated rings. The molecule has 2 aromatic carbocycles. The zero-order valence-corrected chi connectivity index (χ0v) is 13.3. The molecular formula is C17H19Cl2NO. The van der Waals surface area contributed by atoms with Crippen molar-refractivity contribution >= 4 is 23.2 Å². The summed E-state index contributed by atoms with van der Waals surface area (Å²) in [5, 5.41) is 4.80. The number of rotatable bonds is 8. The second-order valence-corrected chi connectivity index (χ2v) is 5.59. The number of hydrogen-bond acceptors (Lipinski definition) is 2. The summed E-state index contributed by atoms with van der Waals surface area (Å²) < 4.78 is 5.63. The lowest BCUT2D eigenvalue weighted by atomic mass is 10.1. The third-order valence-corrected chi connectivity index (χ3v) is 3.68. The number of benzene rings is 2. The topological polar surface area (TPSA) is 21.3 Å². The minimum atomic E-state index is 0.676. The molecule has 2 aromatic rings. The molecule has 0 atom stereocenters. The van der Waals surface area contributed by atoms with Crippen LogP contribution < -0.4 is 10.1 Å². The van der Waals surface area contributed by atoms with E-state index in [1.54, 1.807) is 6.07 Å². The van der Waals surface area contributed by atoms with Crippen molar-refractivity contribution in [1.29, 1.82) is 0 Å². The van der Waals surface area contributed by atoms with Crippen LogP contribution in [0.15, 0.2) is 48.5 Å². The number of hydrogen-bond donors (Lipinski definition) is 1. The smallest absolute Gasteiger partial charge is 0.119 e. The SMILES string of the molecule is Clc1ccc(CCNCCCOc2ccccc2)c(Cl)c1. The van der Waals surface area contributed by atoms with Crippen LogP contribution in [0.4, 0.5) is 0 Å². The summed E-state index contributed by atoms with van der Waals surface area (Å²) in [6.45, 7) is 2.55. The van der Waals surface area contributed by atoms with Gasteiger partial charge in [0.2, 0.25) is 0 Å². The van der Waals surface area contributed by atoms with Crippen LogP contribution in [0.1, 0.15) is 12.0 Å². The van der Waals surface area contributed by atoms with Gasteiger partial charge in [-0.1, -0.05) is 47.5 Å². The molecule has 0 aliphatic rings. The lowest BCUT2D eigenvalue weighted by molar-refractivity contribution is 0.308. The van der Waals surface area contributed by atoms with Crippen molar-refractivity contribution < 1.29 is 4.74 Å². The van der Waals surface area contributed by atoms with Crippen LogP contribution in [0.5, 0.6) is 5.75 Å². The molecule has 0 unspecified atom stereocenters. The van der Waals surface area contributed by atoms with Crippen molar-refractivity contribution in [2.24, 2.45) is 0 Å².